The van der Waals surface area contributed by atoms with E-state index in [4.69, 9.17) is 5.11 Å². The fourth-order valence-corrected chi connectivity index (χ4v) is 1.49. The molecule has 1 aromatic carbocycles. The number of hydrogen-bond donors (Lipinski definition) is 1. The quantitative estimate of drug-likeness (QED) is 0.879. The van der Waals surface area contributed by atoms with Gasteiger partial charge in [-0.15, -0.1) is 5.10 Å². The number of aryl methyl sites for hydroxylation is 1. The van der Waals surface area contributed by atoms with E-state index in [1.54, 1.807) is 0 Å². The Labute approximate surface area is 96.5 Å². The largest absolute Gasteiger partial charge is 0.396 e. The van der Waals surface area contributed by atoms with Crippen molar-refractivity contribution in [3.8, 4) is 5.69 Å². The van der Waals surface area contributed by atoms with Crippen LogP contribution in [0.15, 0.2) is 24.4 Å². The van der Waals surface area contributed by atoms with Crippen LogP contribution in [0.4, 0.5) is 8.78 Å². The molecule has 1 N–H and O–H groups in total. The first-order chi connectivity index (χ1) is 8.22. The van der Waals surface area contributed by atoms with Gasteiger partial charge in [0.2, 0.25) is 0 Å². The van der Waals surface area contributed by atoms with E-state index in [2.05, 4.69) is 10.3 Å². The second kappa shape index (κ2) is 5.01. The lowest BCUT2D eigenvalue weighted by atomic mass is 10.2. The van der Waals surface area contributed by atoms with Crippen molar-refractivity contribution in [3.05, 3.63) is 41.7 Å². The molecule has 2 aromatic rings. The average molecular weight is 239 g/mol. The summed E-state index contributed by atoms with van der Waals surface area (Å²) in [6.45, 7) is 0.0426. The molecular formula is C11H11F2N3O. The molecular weight excluding hydrogens is 228 g/mol. The van der Waals surface area contributed by atoms with Gasteiger partial charge in [-0.25, -0.2) is 13.5 Å². The smallest absolute Gasteiger partial charge is 0.151 e. The standard InChI is InChI=1S/C11H11F2N3O/c12-9-4-1-5-10(13)11(9)16-7-8(14-15-16)3-2-6-17/h1,4-5,7,17H,2-3,6H2. The molecule has 6 heteroatoms. The molecule has 0 saturated carbocycles. The van der Waals surface area contributed by atoms with Gasteiger partial charge in [-0.1, -0.05) is 11.3 Å². The summed E-state index contributed by atoms with van der Waals surface area (Å²) in [5.41, 5.74) is 0.344. The van der Waals surface area contributed by atoms with Crippen LogP contribution in [0.5, 0.6) is 0 Å². The lowest BCUT2D eigenvalue weighted by molar-refractivity contribution is 0.288. The van der Waals surface area contributed by atoms with Crippen LogP contribution < -0.4 is 0 Å². The Bertz CT molecular complexity index is 493. The zero-order chi connectivity index (χ0) is 12.3. The monoisotopic (exact) mass is 239 g/mol. The molecule has 1 aromatic heterocycles. The van der Waals surface area contributed by atoms with Crippen molar-refractivity contribution >= 4 is 0 Å². The van der Waals surface area contributed by atoms with Gasteiger partial charge in [0, 0.05) is 6.61 Å². The Morgan fingerprint density at radius 1 is 1.24 bits per heavy atom. The Hall–Kier alpha value is -1.82. The molecule has 0 unspecified atom stereocenters. The molecule has 0 aliphatic rings. The van der Waals surface area contributed by atoms with Crippen LogP contribution in [-0.2, 0) is 6.42 Å². The van der Waals surface area contributed by atoms with E-state index in [0.717, 1.165) is 16.8 Å². The minimum absolute atomic E-state index is 0.0426. The van der Waals surface area contributed by atoms with Gasteiger partial charge < -0.3 is 5.11 Å². The third kappa shape index (κ3) is 2.47. The van der Waals surface area contributed by atoms with Gasteiger partial charge in [0.25, 0.3) is 0 Å². The van der Waals surface area contributed by atoms with Crippen molar-refractivity contribution in [3.63, 3.8) is 0 Å². The maximum absolute atomic E-state index is 13.4. The summed E-state index contributed by atoms with van der Waals surface area (Å²) in [6.07, 6.45) is 2.52. The molecule has 0 saturated heterocycles. The molecule has 17 heavy (non-hydrogen) atoms. The highest BCUT2D eigenvalue weighted by Gasteiger charge is 2.12. The summed E-state index contributed by atoms with van der Waals surface area (Å²) >= 11 is 0. The van der Waals surface area contributed by atoms with Crippen molar-refractivity contribution in [1.82, 2.24) is 15.0 Å². The number of benzene rings is 1. The molecule has 0 fully saturated rings. The molecule has 0 radical (unpaired) electrons. The number of hydrogen-bond acceptors (Lipinski definition) is 3. The van der Waals surface area contributed by atoms with Gasteiger partial charge >= 0.3 is 0 Å². The SMILES string of the molecule is OCCCc1cn(-c2c(F)cccc2F)nn1. The minimum Gasteiger partial charge on any atom is -0.396 e. The van der Waals surface area contributed by atoms with Gasteiger partial charge in [0.15, 0.2) is 11.6 Å². The van der Waals surface area contributed by atoms with Crippen LogP contribution in [0.3, 0.4) is 0 Å². The van der Waals surface area contributed by atoms with Gasteiger partial charge in [-0.2, -0.15) is 0 Å². The molecule has 4 nitrogen and oxygen atoms in total. The number of nitrogens with zero attached hydrogens (tertiary/aromatic N) is 3. The Balaban J connectivity index is 2.30. The molecule has 0 aliphatic carbocycles. The summed E-state index contributed by atoms with van der Waals surface area (Å²) < 4.78 is 27.9. The van der Waals surface area contributed by atoms with E-state index in [-0.39, 0.29) is 12.3 Å². The second-order valence-electron chi connectivity index (χ2n) is 3.55. The van der Waals surface area contributed by atoms with Crippen LogP contribution in [0.2, 0.25) is 0 Å². The predicted molar refractivity (Wildman–Crippen MR) is 56.7 cm³/mol. The van der Waals surface area contributed by atoms with Gasteiger partial charge in [0.1, 0.15) is 5.69 Å². The summed E-state index contributed by atoms with van der Waals surface area (Å²) in [7, 11) is 0. The average Bonchev–Trinajstić information content (AvgIpc) is 2.75. The first kappa shape index (κ1) is 11.7. The molecule has 0 bridgehead atoms. The Morgan fingerprint density at radius 3 is 2.59 bits per heavy atom. The highest BCUT2D eigenvalue weighted by atomic mass is 19.1. The van der Waals surface area contributed by atoms with Gasteiger partial charge in [-0.05, 0) is 25.0 Å². The fraction of sp³-hybridized carbons (Fsp3) is 0.273. The van der Waals surface area contributed by atoms with Crippen molar-refractivity contribution in [2.24, 2.45) is 0 Å². The third-order valence-corrected chi connectivity index (χ3v) is 2.30. The van der Waals surface area contributed by atoms with Gasteiger partial charge in [-0.3, -0.25) is 0 Å². The number of aliphatic hydroxyl groups excluding tert-OH is 1. The van der Waals surface area contributed by atoms with Crippen molar-refractivity contribution < 1.29 is 13.9 Å². The third-order valence-electron chi connectivity index (χ3n) is 2.30. The number of aliphatic hydroxyl groups is 1. The Morgan fingerprint density at radius 2 is 1.94 bits per heavy atom. The first-order valence-electron chi connectivity index (χ1n) is 5.19. The van der Waals surface area contributed by atoms with Crippen molar-refractivity contribution in [1.29, 1.82) is 0 Å². The van der Waals surface area contributed by atoms with Crippen LogP contribution in [-0.4, -0.2) is 26.7 Å². The molecule has 90 valence electrons. The summed E-state index contributed by atoms with van der Waals surface area (Å²) in [4.78, 5) is 0. The Kier molecular flexibility index (Phi) is 3.43. The van der Waals surface area contributed by atoms with Crippen molar-refractivity contribution in [2.75, 3.05) is 6.61 Å². The van der Waals surface area contributed by atoms with Crippen LogP contribution in [0.1, 0.15) is 12.1 Å². The minimum atomic E-state index is -0.691. The van der Waals surface area contributed by atoms with E-state index < -0.39 is 11.6 Å². The maximum atomic E-state index is 13.4. The molecule has 0 amide bonds. The number of rotatable bonds is 4. The lowest BCUT2D eigenvalue weighted by Crippen LogP contribution is -2.01. The normalized spacial score (nSPS) is 10.8. The zero-order valence-corrected chi connectivity index (χ0v) is 8.98. The van der Waals surface area contributed by atoms with Crippen LogP contribution >= 0.6 is 0 Å². The molecule has 0 spiro atoms. The highest BCUT2D eigenvalue weighted by molar-refractivity contribution is 5.34. The number of aromatic nitrogens is 3. The van der Waals surface area contributed by atoms with E-state index in [1.807, 2.05) is 0 Å². The van der Waals surface area contributed by atoms with Crippen LogP contribution in [0.25, 0.3) is 5.69 Å². The number of halogens is 2. The van der Waals surface area contributed by atoms with E-state index in [0.29, 0.717) is 18.5 Å². The maximum Gasteiger partial charge on any atom is 0.151 e. The molecule has 0 aliphatic heterocycles. The number of para-hydroxylation sites is 1. The fourth-order valence-electron chi connectivity index (χ4n) is 1.49. The lowest BCUT2D eigenvalue weighted by Gasteiger charge is -2.02. The van der Waals surface area contributed by atoms with E-state index >= 15 is 0 Å². The molecule has 2 rings (SSSR count). The summed E-state index contributed by atoms with van der Waals surface area (Å²) in [6, 6.07) is 3.61. The highest BCUT2D eigenvalue weighted by Crippen LogP contribution is 2.16. The first-order valence-corrected chi connectivity index (χ1v) is 5.19. The zero-order valence-electron chi connectivity index (χ0n) is 8.98. The topological polar surface area (TPSA) is 50.9 Å². The second-order valence-corrected chi connectivity index (χ2v) is 3.55. The van der Waals surface area contributed by atoms with E-state index in [9.17, 15) is 8.78 Å². The summed E-state index contributed by atoms with van der Waals surface area (Å²) in [5, 5.41) is 16.1. The summed E-state index contributed by atoms with van der Waals surface area (Å²) in [5.74, 6) is -1.38. The predicted octanol–water partition coefficient (Wildman–Crippen LogP) is 1.47. The van der Waals surface area contributed by atoms with Crippen molar-refractivity contribution in [2.45, 2.75) is 12.8 Å². The molecule has 1 heterocycles. The van der Waals surface area contributed by atoms with Crippen LogP contribution in [0, 0.1) is 11.6 Å². The van der Waals surface area contributed by atoms with Gasteiger partial charge in [0.05, 0.1) is 11.9 Å². The molecule has 0 atom stereocenters. The van der Waals surface area contributed by atoms with E-state index in [1.165, 1.54) is 12.3 Å².